The molecular formula is C21H25BrFNO5S. The van der Waals surface area contributed by atoms with Crippen LogP contribution in [0.1, 0.15) is 18.5 Å². The maximum Gasteiger partial charge on any atom is 0.241 e. The molecule has 9 heteroatoms. The second-order valence-corrected chi connectivity index (χ2v) is 8.99. The molecule has 0 spiro atoms. The molecule has 0 heterocycles. The summed E-state index contributed by atoms with van der Waals surface area (Å²) in [5.41, 5.74) is 0.731. The van der Waals surface area contributed by atoms with Crippen LogP contribution in [0, 0.1) is 5.82 Å². The highest BCUT2D eigenvalue weighted by Crippen LogP contribution is 2.29. The average molecular weight is 502 g/mol. The van der Waals surface area contributed by atoms with Gasteiger partial charge in [-0.25, -0.2) is 12.8 Å². The van der Waals surface area contributed by atoms with Gasteiger partial charge in [0.1, 0.15) is 12.6 Å². The number of methoxy groups -OCH3 is 1. The summed E-state index contributed by atoms with van der Waals surface area (Å²) in [5, 5.41) is 0. The van der Waals surface area contributed by atoms with E-state index in [0.29, 0.717) is 17.7 Å². The molecule has 2 aromatic rings. The molecule has 164 valence electrons. The van der Waals surface area contributed by atoms with Gasteiger partial charge < -0.3 is 14.2 Å². The zero-order valence-electron chi connectivity index (χ0n) is 16.8. The monoisotopic (exact) mass is 501 g/mol. The highest BCUT2D eigenvalue weighted by molar-refractivity contribution is 9.11. The lowest BCUT2D eigenvalue weighted by atomic mass is 10.1. The Labute approximate surface area is 185 Å². The molecular weight excluding hydrogens is 477 g/mol. The van der Waals surface area contributed by atoms with Crippen molar-refractivity contribution in [1.29, 1.82) is 0 Å². The van der Waals surface area contributed by atoms with Crippen molar-refractivity contribution < 1.29 is 27.0 Å². The normalized spacial score (nSPS) is 14.5. The summed E-state index contributed by atoms with van der Waals surface area (Å²) in [7, 11) is -2.31. The molecule has 30 heavy (non-hydrogen) atoms. The lowest BCUT2D eigenvalue weighted by Gasteiger charge is -2.20. The number of benzene rings is 2. The Balaban J connectivity index is 2.18. The first kappa shape index (κ1) is 24.6. The van der Waals surface area contributed by atoms with Crippen molar-refractivity contribution in [3.63, 3.8) is 0 Å². The summed E-state index contributed by atoms with van der Waals surface area (Å²) < 4.78 is 57.9. The second-order valence-electron chi connectivity index (χ2n) is 6.36. The van der Waals surface area contributed by atoms with E-state index in [1.54, 1.807) is 13.2 Å². The molecule has 0 saturated heterocycles. The topological polar surface area (TPSA) is 73.9 Å². The van der Waals surface area contributed by atoms with Gasteiger partial charge in [0, 0.05) is 11.6 Å². The molecule has 2 rings (SSSR count). The predicted octanol–water partition coefficient (Wildman–Crippen LogP) is 4.15. The van der Waals surface area contributed by atoms with Crippen LogP contribution in [-0.2, 0) is 24.2 Å². The van der Waals surface area contributed by atoms with Gasteiger partial charge in [-0.1, -0.05) is 46.3 Å². The molecule has 0 radical (unpaired) electrons. The number of nitrogens with one attached hydrogen (secondary N) is 1. The molecule has 0 aliphatic carbocycles. The van der Waals surface area contributed by atoms with Gasteiger partial charge in [0.15, 0.2) is 0 Å². The maximum absolute atomic E-state index is 13.2. The van der Waals surface area contributed by atoms with E-state index in [1.165, 1.54) is 12.1 Å². The quantitative estimate of drug-likeness (QED) is 0.349. The fraction of sp³-hybridized carbons (Fsp3) is 0.333. The van der Waals surface area contributed by atoms with Crippen LogP contribution in [0.5, 0.6) is 0 Å². The third-order valence-electron chi connectivity index (χ3n) is 4.05. The van der Waals surface area contributed by atoms with Crippen LogP contribution in [0.3, 0.4) is 0 Å². The van der Waals surface area contributed by atoms with Crippen molar-refractivity contribution in [2.75, 3.05) is 27.1 Å². The lowest BCUT2D eigenvalue weighted by molar-refractivity contribution is -0.0804. The zero-order valence-corrected chi connectivity index (χ0v) is 19.2. The van der Waals surface area contributed by atoms with Gasteiger partial charge in [0.2, 0.25) is 10.0 Å². The van der Waals surface area contributed by atoms with Crippen LogP contribution < -0.4 is 4.72 Å². The van der Waals surface area contributed by atoms with E-state index in [9.17, 15) is 12.8 Å². The van der Waals surface area contributed by atoms with E-state index in [-0.39, 0.29) is 17.8 Å². The van der Waals surface area contributed by atoms with Gasteiger partial charge in [-0.05, 0) is 42.8 Å². The minimum absolute atomic E-state index is 0.0269. The Morgan fingerprint density at radius 1 is 1.13 bits per heavy atom. The van der Waals surface area contributed by atoms with Crippen molar-refractivity contribution in [3.8, 4) is 0 Å². The minimum atomic E-state index is -3.90. The predicted molar refractivity (Wildman–Crippen MR) is 116 cm³/mol. The van der Waals surface area contributed by atoms with Gasteiger partial charge in [0.05, 0.1) is 30.3 Å². The number of hydrogen-bond acceptors (Lipinski definition) is 5. The number of rotatable bonds is 12. The summed E-state index contributed by atoms with van der Waals surface area (Å²) >= 11 is 3.49. The summed E-state index contributed by atoms with van der Waals surface area (Å²) in [5.74, 6) is -0.506. The molecule has 0 aliphatic rings. The molecule has 1 N–H and O–H groups in total. The Kier molecular flexibility index (Phi) is 10.1. The van der Waals surface area contributed by atoms with Gasteiger partial charge in [-0.2, -0.15) is 4.72 Å². The number of halogens is 2. The van der Waals surface area contributed by atoms with E-state index in [2.05, 4.69) is 20.7 Å². The zero-order chi connectivity index (χ0) is 22.0. The first-order valence-electron chi connectivity index (χ1n) is 9.22. The molecule has 0 aliphatic heterocycles. The fourth-order valence-electron chi connectivity index (χ4n) is 2.49. The van der Waals surface area contributed by atoms with Crippen LogP contribution in [0.15, 0.2) is 70.1 Å². The van der Waals surface area contributed by atoms with E-state index in [1.807, 2.05) is 37.3 Å². The Bertz CT molecular complexity index is 907. The SMILES string of the molecule is COCCOCO[C@@H](C)/C=C(/Br)[C@@H](NS(=O)(=O)c1ccc(F)cc1)c1ccccc1. The Hall–Kier alpha value is -1.62. The van der Waals surface area contributed by atoms with Crippen LogP contribution in [0.25, 0.3) is 0 Å². The highest BCUT2D eigenvalue weighted by Gasteiger charge is 2.24. The first-order chi connectivity index (χ1) is 14.3. The summed E-state index contributed by atoms with van der Waals surface area (Å²) in [4.78, 5) is -0.0269. The highest BCUT2D eigenvalue weighted by atomic mass is 79.9. The van der Waals surface area contributed by atoms with Crippen molar-refractivity contribution >= 4 is 26.0 Å². The Morgan fingerprint density at radius 2 is 1.80 bits per heavy atom. The molecule has 0 amide bonds. The molecule has 2 aromatic carbocycles. The maximum atomic E-state index is 13.2. The van der Waals surface area contributed by atoms with E-state index in [4.69, 9.17) is 14.2 Å². The number of sulfonamides is 1. The van der Waals surface area contributed by atoms with E-state index in [0.717, 1.165) is 17.7 Å². The van der Waals surface area contributed by atoms with Gasteiger partial charge >= 0.3 is 0 Å². The molecule has 2 atom stereocenters. The third-order valence-corrected chi connectivity index (χ3v) is 6.21. The van der Waals surface area contributed by atoms with Crippen LogP contribution in [0.2, 0.25) is 0 Å². The lowest BCUT2D eigenvalue weighted by Crippen LogP contribution is -2.29. The summed E-state index contributed by atoms with van der Waals surface area (Å²) in [6, 6.07) is 13.1. The van der Waals surface area contributed by atoms with Crippen LogP contribution in [0.4, 0.5) is 4.39 Å². The largest absolute Gasteiger partial charge is 0.382 e. The minimum Gasteiger partial charge on any atom is -0.382 e. The Morgan fingerprint density at radius 3 is 2.43 bits per heavy atom. The standard InChI is InChI=1S/C21H25BrFNO5S/c1-16(29-15-28-13-12-27-2)14-20(22)21(17-6-4-3-5-7-17)24-30(25,26)19-10-8-18(23)9-11-19/h3-11,14,16,21,24H,12-13,15H2,1-2H3/b20-14+/t16-,21-/m0/s1. The van der Waals surface area contributed by atoms with Crippen molar-refractivity contribution in [3.05, 3.63) is 76.5 Å². The van der Waals surface area contributed by atoms with Gasteiger partial charge in [-0.3, -0.25) is 0 Å². The molecule has 6 nitrogen and oxygen atoms in total. The molecule has 0 saturated carbocycles. The van der Waals surface area contributed by atoms with E-state index >= 15 is 0 Å². The smallest absolute Gasteiger partial charge is 0.241 e. The van der Waals surface area contributed by atoms with Crippen molar-refractivity contribution in [2.45, 2.75) is 24.0 Å². The first-order valence-corrected chi connectivity index (χ1v) is 11.5. The summed E-state index contributed by atoms with van der Waals surface area (Å²) in [6.45, 7) is 2.78. The second kappa shape index (κ2) is 12.3. The molecule has 0 unspecified atom stereocenters. The number of hydrogen-bond donors (Lipinski definition) is 1. The molecule has 0 fully saturated rings. The summed E-state index contributed by atoms with van der Waals surface area (Å²) in [6.07, 6.45) is 1.41. The molecule has 0 bridgehead atoms. The van der Waals surface area contributed by atoms with E-state index < -0.39 is 21.9 Å². The van der Waals surface area contributed by atoms with Crippen LogP contribution >= 0.6 is 15.9 Å². The third kappa shape index (κ3) is 7.90. The van der Waals surface area contributed by atoms with Crippen molar-refractivity contribution in [2.24, 2.45) is 0 Å². The number of ether oxygens (including phenoxy) is 3. The van der Waals surface area contributed by atoms with Gasteiger partial charge in [0.25, 0.3) is 0 Å². The fourth-order valence-corrected chi connectivity index (χ4v) is 4.60. The van der Waals surface area contributed by atoms with Gasteiger partial charge in [-0.15, -0.1) is 0 Å². The van der Waals surface area contributed by atoms with Crippen molar-refractivity contribution in [1.82, 2.24) is 4.72 Å². The molecule has 0 aromatic heterocycles. The van der Waals surface area contributed by atoms with Crippen LogP contribution in [-0.4, -0.2) is 41.6 Å². The average Bonchev–Trinajstić information content (AvgIpc) is 2.73.